The minimum absolute atomic E-state index is 0.133. The number of ether oxygens (including phenoxy) is 1. The number of rotatable bonds is 4. The Kier molecular flexibility index (Phi) is 3.55. The van der Waals surface area contributed by atoms with Crippen LogP contribution < -0.4 is 10.5 Å². The number of nitrogen functional groups attached to an aromatic ring is 1. The summed E-state index contributed by atoms with van der Waals surface area (Å²) in [5.74, 6) is 0.232. The number of hydrogen-bond acceptors (Lipinski definition) is 2. The smallest absolute Gasteiger partial charge is 0.146 e. The summed E-state index contributed by atoms with van der Waals surface area (Å²) in [7, 11) is 0. The average Bonchev–Trinajstić information content (AvgIpc) is 2.12. The summed E-state index contributed by atoms with van der Waals surface area (Å²) in [6, 6.07) is 4.41. The van der Waals surface area contributed by atoms with E-state index in [0.29, 0.717) is 12.4 Å². The van der Waals surface area contributed by atoms with Crippen LogP contribution in [-0.4, -0.2) is 6.61 Å². The molecule has 0 unspecified atom stereocenters. The third-order valence-corrected chi connectivity index (χ3v) is 1.73. The van der Waals surface area contributed by atoms with Crippen molar-refractivity contribution >= 4 is 5.69 Å². The fourth-order valence-electron chi connectivity index (χ4n) is 0.946. The van der Waals surface area contributed by atoms with Crippen LogP contribution in [0.4, 0.5) is 10.1 Å². The van der Waals surface area contributed by atoms with Gasteiger partial charge in [0.05, 0.1) is 12.3 Å². The SMILES string of the molecule is CCCCOc1ccc(F)c(N)c1. The van der Waals surface area contributed by atoms with E-state index in [0.717, 1.165) is 12.8 Å². The van der Waals surface area contributed by atoms with Crippen molar-refractivity contribution in [2.75, 3.05) is 12.3 Å². The van der Waals surface area contributed by atoms with E-state index in [1.807, 2.05) is 0 Å². The van der Waals surface area contributed by atoms with Crippen molar-refractivity contribution in [2.24, 2.45) is 0 Å². The molecule has 0 aliphatic rings. The first kappa shape index (κ1) is 9.84. The van der Waals surface area contributed by atoms with Crippen LogP contribution in [0.5, 0.6) is 5.75 Å². The number of halogens is 1. The molecule has 2 N–H and O–H groups in total. The van der Waals surface area contributed by atoms with Crippen molar-refractivity contribution in [3.05, 3.63) is 24.0 Å². The molecule has 0 aliphatic heterocycles. The minimum atomic E-state index is -0.400. The van der Waals surface area contributed by atoms with Crippen LogP contribution in [0.1, 0.15) is 19.8 Å². The van der Waals surface area contributed by atoms with Gasteiger partial charge in [0.25, 0.3) is 0 Å². The first-order valence-electron chi connectivity index (χ1n) is 4.42. The van der Waals surface area contributed by atoms with Gasteiger partial charge in [0.1, 0.15) is 11.6 Å². The van der Waals surface area contributed by atoms with Gasteiger partial charge in [0.2, 0.25) is 0 Å². The van der Waals surface area contributed by atoms with Crippen molar-refractivity contribution in [3.8, 4) is 5.75 Å². The molecule has 72 valence electrons. The first-order valence-corrected chi connectivity index (χ1v) is 4.42. The van der Waals surface area contributed by atoms with Gasteiger partial charge in [-0.15, -0.1) is 0 Å². The standard InChI is InChI=1S/C10H14FNO/c1-2-3-6-13-8-4-5-9(11)10(12)7-8/h4-5,7H,2-3,6,12H2,1H3. The van der Waals surface area contributed by atoms with Crippen LogP contribution in [0.2, 0.25) is 0 Å². The van der Waals surface area contributed by atoms with Crippen LogP contribution >= 0.6 is 0 Å². The Morgan fingerprint density at radius 1 is 1.46 bits per heavy atom. The van der Waals surface area contributed by atoms with Gasteiger partial charge in [-0.1, -0.05) is 13.3 Å². The zero-order chi connectivity index (χ0) is 9.68. The highest BCUT2D eigenvalue weighted by Crippen LogP contribution is 2.18. The molecule has 0 aliphatic carbocycles. The summed E-state index contributed by atoms with van der Waals surface area (Å²) in [5, 5.41) is 0. The van der Waals surface area contributed by atoms with E-state index in [4.69, 9.17) is 10.5 Å². The van der Waals surface area contributed by atoms with E-state index in [1.165, 1.54) is 12.1 Å². The molecule has 0 saturated carbocycles. The Bertz CT molecular complexity index is 276. The average molecular weight is 183 g/mol. The molecule has 0 radical (unpaired) electrons. The van der Waals surface area contributed by atoms with E-state index in [2.05, 4.69) is 6.92 Å². The summed E-state index contributed by atoms with van der Waals surface area (Å²) in [6.45, 7) is 2.74. The zero-order valence-electron chi connectivity index (χ0n) is 7.72. The van der Waals surface area contributed by atoms with Gasteiger partial charge in [-0.2, -0.15) is 0 Å². The highest BCUT2D eigenvalue weighted by atomic mass is 19.1. The maximum absolute atomic E-state index is 12.7. The lowest BCUT2D eigenvalue weighted by atomic mass is 10.3. The molecule has 0 heterocycles. The van der Waals surface area contributed by atoms with Gasteiger partial charge in [-0.3, -0.25) is 0 Å². The Morgan fingerprint density at radius 2 is 2.23 bits per heavy atom. The van der Waals surface area contributed by atoms with E-state index < -0.39 is 5.82 Å². The van der Waals surface area contributed by atoms with Crippen molar-refractivity contribution in [3.63, 3.8) is 0 Å². The third kappa shape index (κ3) is 2.93. The fourth-order valence-corrected chi connectivity index (χ4v) is 0.946. The molecule has 0 amide bonds. The highest BCUT2D eigenvalue weighted by Gasteiger charge is 1.99. The number of benzene rings is 1. The largest absolute Gasteiger partial charge is 0.494 e. The lowest BCUT2D eigenvalue weighted by molar-refractivity contribution is 0.309. The third-order valence-electron chi connectivity index (χ3n) is 1.73. The molecular weight excluding hydrogens is 169 g/mol. The first-order chi connectivity index (χ1) is 6.24. The molecular formula is C10H14FNO. The maximum Gasteiger partial charge on any atom is 0.146 e. The van der Waals surface area contributed by atoms with Crippen LogP contribution in [0.15, 0.2) is 18.2 Å². The Hall–Kier alpha value is -1.25. The van der Waals surface area contributed by atoms with Gasteiger partial charge in [-0.25, -0.2) is 4.39 Å². The van der Waals surface area contributed by atoms with Crippen molar-refractivity contribution in [1.82, 2.24) is 0 Å². The quantitative estimate of drug-likeness (QED) is 0.575. The number of unbranched alkanes of at least 4 members (excludes halogenated alkanes) is 1. The Balaban J connectivity index is 2.53. The molecule has 0 atom stereocenters. The van der Waals surface area contributed by atoms with Crippen LogP contribution in [-0.2, 0) is 0 Å². The highest BCUT2D eigenvalue weighted by molar-refractivity contribution is 5.45. The van der Waals surface area contributed by atoms with E-state index in [9.17, 15) is 4.39 Å². The van der Waals surface area contributed by atoms with Gasteiger partial charge < -0.3 is 10.5 Å². The Labute approximate surface area is 77.5 Å². The molecule has 13 heavy (non-hydrogen) atoms. The van der Waals surface area contributed by atoms with Crippen molar-refractivity contribution in [1.29, 1.82) is 0 Å². The molecule has 1 aromatic carbocycles. The summed E-state index contributed by atoms with van der Waals surface area (Å²) >= 11 is 0. The number of anilines is 1. The summed E-state index contributed by atoms with van der Waals surface area (Å²) in [5.41, 5.74) is 5.50. The molecule has 1 aromatic rings. The van der Waals surface area contributed by atoms with Crippen LogP contribution in [0.25, 0.3) is 0 Å². The summed E-state index contributed by atoms with van der Waals surface area (Å²) < 4.78 is 18.0. The molecule has 0 saturated heterocycles. The summed E-state index contributed by atoms with van der Waals surface area (Å²) in [6.07, 6.45) is 2.08. The van der Waals surface area contributed by atoms with Crippen LogP contribution in [0.3, 0.4) is 0 Å². The molecule has 0 bridgehead atoms. The lowest BCUT2D eigenvalue weighted by Crippen LogP contribution is -1.98. The molecule has 3 heteroatoms. The van der Waals surface area contributed by atoms with Crippen molar-refractivity contribution < 1.29 is 9.13 Å². The zero-order valence-corrected chi connectivity index (χ0v) is 7.72. The van der Waals surface area contributed by atoms with E-state index in [-0.39, 0.29) is 5.69 Å². The Morgan fingerprint density at radius 3 is 2.85 bits per heavy atom. The lowest BCUT2D eigenvalue weighted by Gasteiger charge is -2.05. The maximum atomic E-state index is 12.7. The molecule has 0 fully saturated rings. The molecule has 2 nitrogen and oxygen atoms in total. The van der Waals surface area contributed by atoms with E-state index >= 15 is 0 Å². The molecule has 1 rings (SSSR count). The molecule has 0 spiro atoms. The second kappa shape index (κ2) is 4.70. The predicted molar refractivity (Wildman–Crippen MR) is 51.2 cm³/mol. The van der Waals surface area contributed by atoms with Gasteiger partial charge in [0, 0.05) is 6.07 Å². The number of hydrogen-bond donors (Lipinski definition) is 1. The van der Waals surface area contributed by atoms with Crippen LogP contribution in [0, 0.1) is 5.82 Å². The minimum Gasteiger partial charge on any atom is -0.494 e. The summed E-state index contributed by atoms with van der Waals surface area (Å²) in [4.78, 5) is 0. The molecule has 0 aromatic heterocycles. The monoisotopic (exact) mass is 183 g/mol. The topological polar surface area (TPSA) is 35.2 Å². The van der Waals surface area contributed by atoms with E-state index in [1.54, 1.807) is 6.07 Å². The normalized spacial score (nSPS) is 10.0. The van der Waals surface area contributed by atoms with Gasteiger partial charge in [-0.05, 0) is 18.6 Å². The van der Waals surface area contributed by atoms with Gasteiger partial charge in [0.15, 0.2) is 0 Å². The second-order valence-corrected chi connectivity index (χ2v) is 2.89. The number of nitrogens with two attached hydrogens (primary N) is 1. The predicted octanol–water partition coefficient (Wildman–Crippen LogP) is 2.59. The second-order valence-electron chi connectivity index (χ2n) is 2.89. The van der Waals surface area contributed by atoms with Gasteiger partial charge >= 0.3 is 0 Å². The fraction of sp³-hybridized carbons (Fsp3) is 0.400. The van der Waals surface area contributed by atoms with Crippen molar-refractivity contribution in [2.45, 2.75) is 19.8 Å².